The number of rotatable bonds is 13. The van der Waals surface area contributed by atoms with Crippen LogP contribution >= 0.6 is 0 Å². The fourth-order valence-corrected chi connectivity index (χ4v) is 8.54. The van der Waals surface area contributed by atoms with Gasteiger partial charge in [0.1, 0.15) is 0 Å². The zero-order valence-corrected chi connectivity index (χ0v) is 45.0. The Morgan fingerprint density at radius 3 is 0.542 bits per heavy atom. The molecule has 0 aliphatic rings. The molecule has 0 atom stereocenters. The molecule has 0 aliphatic carbocycles. The van der Waals surface area contributed by atoms with Crippen molar-refractivity contribution in [3.05, 3.63) is 246 Å². The quantitative estimate of drug-likeness (QED) is 0.114. The Balaban J connectivity index is 1.18. The predicted molar refractivity (Wildman–Crippen MR) is 319 cm³/mol. The highest BCUT2D eigenvalue weighted by molar-refractivity contribution is 5.82. The second-order valence-electron chi connectivity index (χ2n) is 23.5. The fraction of sp³-hybridized carbons (Fsp3) is 0.239. The van der Waals surface area contributed by atoms with Gasteiger partial charge in [0.15, 0.2) is 0 Å². The third-order valence-electron chi connectivity index (χ3n) is 13.1. The summed E-state index contributed by atoms with van der Waals surface area (Å²) in [7, 11) is 0. The lowest BCUT2D eigenvalue weighted by molar-refractivity contribution is 0.282. The predicted octanol–water partition coefficient (Wildman–Crippen LogP) is 19.4. The SMILES string of the molecule is CC(C)(C)c1ccc(C=Cc2cc(C=Cc3ccc(C(C)(C)C)cc3)cc(C=Cc3cc(C=Cc4cc(C=Cc5ccc(C(C)(C)C)cc5)cc(C=Cc5ccc(C(C)(C)C)cc5)c4)cc(CO)c3)c2)cc1. The molecule has 366 valence electrons. The zero-order valence-electron chi connectivity index (χ0n) is 45.0. The molecule has 0 radical (unpaired) electrons. The first-order chi connectivity index (χ1) is 34.0. The highest BCUT2D eigenvalue weighted by atomic mass is 16.3. The number of aliphatic hydroxyl groups is 1. The first-order valence-corrected chi connectivity index (χ1v) is 25.6. The van der Waals surface area contributed by atoms with Crippen LogP contribution in [0, 0.1) is 0 Å². The van der Waals surface area contributed by atoms with Crippen LogP contribution in [-0.4, -0.2) is 5.11 Å². The van der Waals surface area contributed by atoms with Gasteiger partial charge in [-0.15, -0.1) is 0 Å². The summed E-state index contributed by atoms with van der Waals surface area (Å²) >= 11 is 0. The van der Waals surface area contributed by atoms with Crippen LogP contribution in [0.1, 0.15) is 178 Å². The van der Waals surface area contributed by atoms with E-state index in [1.54, 1.807) is 0 Å². The smallest absolute Gasteiger partial charge is 0.0682 e. The average Bonchev–Trinajstić information content (AvgIpc) is 3.34. The monoisotopic (exact) mass is 945 g/mol. The van der Waals surface area contributed by atoms with Gasteiger partial charge in [-0.3, -0.25) is 0 Å². The van der Waals surface area contributed by atoms with Crippen molar-refractivity contribution >= 4 is 72.9 Å². The van der Waals surface area contributed by atoms with Crippen LogP contribution in [0.3, 0.4) is 0 Å². The molecule has 0 spiro atoms. The second-order valence-corrected chi connectivity index (χ2v) is 23.5. The molecule has 7 rings (SSSR count). The van der Waals surface area contributed by atoms with Gasteiger partial charge in [-0.05, 0) is 171 Å². The van der Waals surface area contributed by atoms with Crippen LogP contribution in [0.25, 0.3) is 72.9 Å². The Bertz CT molecular complexity index is 2730. The largest absolute Gasteiger partial charge is 0.392 e. The van der Waals surface area contributed by atoms with E-state index in [0.717, 1.165) is 50.1 Å². The summed E-state index contributed by atoms with van der Waals surface area (Å²) in [5.74, 6) is 0. The first-order valence-electron chi connectivity index (χ1n) is 25.6. The van der Waals surface area contributed by atoms with Gasteiger partial charge in [-0.2, -0.15) is 0 Å². The van der Waals surface area contributed by atoms with Crippen molar-refractivity contribution in [1.82, 2.24) is 0 Å². The summed E-state index contributed by atoms with van der Waals surface area (Å²) in [5.41, 5.74) is 20.0. The Morgan fingerprint density at radius 2 is 0.389 bits per heavy atom. The minimum absolute atomic E-state index is 0.0477. The van der Waals surface area contributed by atoms with Crippen molar-refractivity contribution in [1.29, 1.82) is 0 Å². The summed E-state index contributed by atoms with van der Waals surface area (Å²) in [6, 6.07) is 55.2. The van der Waals surface area contributed by atoms with Crippen LogP contribution in [0.15, 0.2) is 152 Å². The standard InChI is InChI=1S/C71H76O/c1-68(2,3)64-33-25-51(26-34-64)13-17-55-41-56(18-14-52-27-35-65(36-28-52)69(4,5)6)44-59(43-55)21-23-61-47-62(49-63(48-61)50-72)24-22-60-45-57(19-15-53-29-37-66(38-30-53)70(7,8)9)42-58(46-60)20-16-54-31-39-67(40-32-54)71(10,11)12/h13-49,72H,50H2,1-12H3. The van der Waals surface area contributed by atoms with E-state index in [0.29, 0.717) is 0 Å². The maximum Gasteiger partial charge on any atom is 0.0682 e. The molecule has 1 N–H and O–H groups in total. The molecular weight excluding hydrogens is 869 g/mol. The number of aliphatic hydroxyl groups excluding tert-OH is 1. The van der Waals surface area contributed by atoms with Crippen LogP contribution in [-0.2, 0) is 28.3 Å². The van der Waals surface area contributed by atoms with E-state index in [1.807, 2.05) is 0 Å². The molecule has 0 amide bonds. The van der Waals surface area contributed by atoms with E-state index in [1.165, 1.54) is 44.5 Å². The molecule has 1 heteroatoms. The molecule has 7 aromatic carbocycles. The van der Waals surface area contributed by atoms with E-state index >= 15 is 0 Å². The third kappa shape index (κ3) is 15.5. The van der Waals surface area contributed by atoms with Gasteiger partial charge < -0.3 is 5.11 Å². The van der Waals surface area contributed by atoms with E-state index in [-0.39, 0.29) is 28.3 Å². The molecule has 0 saturated carbocycles. The minimum Gasteiger partial charge on any atom is -0.392 e. The van der Waals surface area contributed by atoms with Gasteiger partial charge in [0.2, 0.25) is 0 Å². The van der Waals surface area contributed by atoms with Crippen molar-refractivity contribution in [3.63, 3.8) is 0 Å². The molecular formula is C71H76O. The molecule has 0 fully saturated rings. The average molecular weight is 945 g/mol. The first kappa shape index (κ1) is 52.8. The maximum absolute atomic E-state index is 10.5. The summed E-state index contributed by atoms with van der Waals surface area (Å²) in [6.45, 7) is 26.9. The van der Waals surface area contributed by atoms with Gasteiger partial charge >= 0.3 is 0 Å². The van der Waals surface area contributed by atoms with Gasteiger partial charge in [-0.25, -0.2) is 0 Å². The number of benzene rings is 7. The molecule has 0 aliphatic heterocycles. The number of hydrogen-bond acceptors (Lipinski definition) is 1. The highest BCUT2D eigenvalue weighted by Crippen LogP contribution is 2.28. The van der Waals surface area contributed by atoms with E-state index in [9.17, 15) is 5.11 Å². The fourth-order valence-electron chi connectivity index (χ4n) is 8.54. The number of hydrogen-bond donors (Lipinski definition) is 1. The van der Waals surface area contributed by atoms with Crippen molar-refractivity contribution in [2.24, 2.45) is 0 Å². The molecule has 0 unspecified atom stereocenters. The summed E-state index contributed by atoms with van der Waals surface area (Å²) in [5, 5.41) is 10.5. The van der Waals surface area contributed by atoms with Gasteiger partial charge in [0.25, 0.3) is 0 Å². The van der Waals surface area contributed by atoms with Crippen LogP contribution in [0.2, 0.25) is 0 Å². The van der Waals surface area contributed by atoms with Gasteiger partial charge in [0, 0.05) is 0 Å². The molecule has 1 nitrogen and oxygen atoms in total. The Hall–Kier alpha value is -7.06. The molecule has 0 bridgehead atoms. The normalized spacial score (nSPS) is 13.1. The lowest BCUT2D eigenvalue weighted by Gasteiger charge is -2.18. The molecule has 7 aromatic rings. The molecule has 0 saturated heterocycles. The minimum atomic E-state index is -0.0477. The van der Waals surface area contributed by atoms with Crippen molar-refractivity contribution in [2.75, 3.05) is 0 Å². The van der Waals surface area contributed by atoms with Crippen LogP contribution < -0.4 is 0 Å². The van der Waals surface area contributed by atoms with Crippen molar-refractivity contribution in [2.45, 2.75) is 111 Å². The van der Waals surface area contributed by atoms with Crippen LogP contribution in [0.4, 0.5) is 0 Å². The summed E-state index contributed by atoms with van der Waals surface area (Å²) < 4.78 is 0. The lowest BCUT2D eigenvalue weighted by atomic mass is 9.86. The topological polar surface area (TPSA) is 20.2 Å². The lowest BCUT2D eigenvalue weighted by Crippen LogP contribution is -2.10. The van der Waals surface area contributed by atoms with Crippen molar-refractivity contribution in [3.8, 4) is 0 Å². The zero-order chi connectivity index (χ0) is 51.7. The Labute approximate surface area is 433 Å². The van der Waals surface area contributed by atoms with E-state index in [2.05, 4.69) is 308 Å². The Morgan fingerprint density at radius 1 is 0.236 bits per heavy atom. The third-order valence-corrected chi connectivity index (χ3v) is 13.1. The van der Waals surface area contributed by atoms with Crippen LogP contribution in [0.5, 0.6) is 0 Å². The summed E-state index contributed by atoms with van der Waals surface area (Å²) in [4.78, 5) is 0. The Kier molecular flexibility index (Phi) is 16.5. The molecule has 0 aromatic heterocycles. The van der Waals surface area contributed by atoms with E-state index < -0.39 is 0 Å². The van der Waals surface area contributed by atoms with Gasteiger partial charge in [-0.1, -0.05) is 253 Å². The second kappa shape index (κ2) is 22.6. The van der Waals surface area contributed by atoms with Gasteiger partial charge in [0.05, 0.1) is 6.61 Å². The van der Waals surface area contributed by atoms with Crippen molar-refractivity contribution < 1.29 is 5.11 Å². The molecule has 0 heterocycles. The maximum atomic E-state index is 10.5. The highest BCUT2D eigenvalue weighted by Gasteiger charge is 2.15. The summed E-state index contributed by atoms with van der Waals surface area (Å²) in [6.07, 6.45) is 26.2. The molecule has 72 heavy (non-hydrogen) atoms. The van der Waals surface area contributed by atoms with E-state index in [4.69, 9.17) is 0 Å².